The molecule has 4 rings (SSSR count). The zero-order valence-corrected chi connectivity index (χ0v) is 18.7. The van der Waals surface area contributed by atoms with Crippen molar-refractivity contribution in [2.45, 2.75) is 12.1 Å². The molecule has 0 spiro atoms. The zero-order chi connectivity index (χ0) is 22.5. The van der Waals surface area contributed by atoms with Gasteiger partial charge in [-0.05, 0) is 37.3 Å². The summed E-state index contributed by atoms with van der Waals surface area (Å²) >= 11 is 7.35. The maximum absolute atomic E-state index is 13.2. The molecule has 1 amide bonds. The monoisotopic (exact) mass is 462 g/mol. The first-order valence-corrected chi connectivity index (χ1v) is 11.2. The van der Waals surface area contributed by atoms with Crippen molar-refractivity contribution >= 4 is 45.9 Å². The molecule has 0 unspecified atom stereocenters. The first-order chi connectivity index (χ1) is 15.5. The van der Waals surface area contributed by atoms with Gasteiger partial charge in [-0.1, -0.05) is 71.9 Å². The summed E-state index contributed by atoms with van der Waals surface area (Å²) in [5.74, 6) is -0.278. The van der Waals surface area contributed by atoms with Crippen LogP contribution in [0.4, 0.5) is 0 Å². The SMILES string of the molecule is CC(=NNC(=O)CSc1nc2ccccc2c(=O)n1-c1ccccc1)c1ccccc1Cl. The van der Waals surface area contributed by atoms with Crippen LogP contribution >= 0.6 is 23.4 Å². The van der Waals surface area contributed by atoms with E-state index >= 15 is 0 Å². The van der Waals surface area contributed by atoms with E-state index in [2.05, 4.69) is 15.5 Å². The molecule has 1 heterocycles. The third-order valence-corrected chi connectivity index (χ3v) is 5.97. The minimum Gasteiger partial charge on any atom is -0.272 e. The van der Waals surface area contributed by atoms with Gasteiger partial charge in [-0.15, -0.1) is 0 Å². The molecule has 8 heteroatoms. The predicted octanol–water partition coefficient (Wildman–Crippen LogP) is 4.67. The van der Waals surface area contributed by atoms with E-state index in [-0.39, 0.29) is 17.2 Å². The number of fused-ring (bicyclic) bond motifs is 1. The van der Waals surface area contributed by atoms with Gasteiger partial charge in [0.15, 0.2) is 5.16 Å². The Bertz CT molecular complexity index is 1370. The van der Waals surface area contributed by atoms with E-state index in [1.807, 2.05) is 54.6 Å². The maximum atomic E-state index is 13.2. The van der Waals surface area contributed by atoms with Crippen molar-refractivity contribution in [2.75, 3.05) is 5.75 Å². The summed E-state index contributed by atoms with van der Waals surface area (Å²) < 4.78 is 1.53. The molecule has 0 aliphatic carbocycles. The van der Waals surface area contributed by atoms with Crippen LogP contribution in [0.25, 0.3) is 16.6 Å². The van der Waals surface area contributed by atoms with Gasteiger partial charge in [0.05, 0.1) is 28.1 Å². The van der Waals surface area contributed by atoms with Crippen molar-refractivity contribution in [2.24, 2.45) is 5.10 Å². The van der Waals surface area contributed by atoms with E-state index in [9.17, 15) is 9.59 Å². The molecule has 0 bridgehead atoms. The van der Waals surface area contributed by atoms with Gasteiger partial charge in [0.2, 0.25) is 0 Å². The molecule has 0 aliphatic heterocycles. The number of para-hydroxylation sites is 2. The summed E-state index contributed by atoms with van der Waals surface area (Å²) in [7, 11) is 0. The van der Waals surface area contributed by atoms with E-state index in [1.54, 1.807) is 31.2 Å². The number of hydrogen-bond acceptors (Lipinski definition) is 5. The highest BCUT2D eigenvalue weighted by atomic mass is 35.5. The lowest BCUT2D eigenvalue weighted by atomic mass is 10.1. The summed E-state index contributed by atoms with van der Waals surface area (Å²) in [6.07, 6.45) is 0. The first-order valence-electron chi connectivity index (χ1n) is 9.82. The number of thioether (sulfide) groups is 1. The van der Waals surface area contributed by atoms with Crippen molar-refractivity contribution in [3.63, 3.8) is 0 Å². The Kier molecular flexibility index (Phi) is 6.68. The number of benzene rings is 3. The number of hydrazone groups is 1. The van der Waals surface area contributed by atoms with Crippen LogP contribution in [0.2, 0.25) is 5.02 Å². The van der Waals surface area contributed by atoms with Crippen LogP contribution in [-0.2, 0) is 4.79 Å². The van der Waals surface area contributed by atoms with Crippen LogP contribution in [0.5, 0.6) is 0 Å². The number of rotatable bonds is 6. The summed E-state index contributed by atoms with van der Waals surface area (Å²) in [5, 5.41) is 5.66. The number of carbonyl (C=O) groups excluding carboxylic acids is 1. The van der Waals surface area contributed by atoms with E-state index in [1.165, 1.54) is 16.3 Å². The molecular formula is C24H19ClN4O2S. The van der Waals surface area contributed by atoms with Crippen molar-refractivity contribution < 1.29 is 4.79 Å². The van der Waals surface area contributed by atoms with Gasteiger partial charge in [-0.25, -0.2) is 10.4 Å². The van der Waals surface area contributed by atoms with E-state index in [0.717, 1.165) is 5.56 Å². The third-order valence-electron chi connectivity index (χ3n) is 4.70. The third kappa shape index (κ3) is 4.74. The Hall–Kier alpha value is -3.42. The van der Waals surface area contributed by atoms with Crippen molar-refractivity contribution in [1.29, 1.82) is 0 Å². The first kappa shape index (κ1) is 21.8. The second-order valence-corrected chi connectivity index (χ2v) is 8.24. The Labute approximate surface area is 194 Å². The quantitative estimate of drug-likeness (QED) is 0.195. The van der Waals surface area contributed by atoms with Crippen LogP contribution in [0.3, 0.4) is 0 Å². The fourth-order valence-corrected chi connectivity index (χ4v) is 4.21. The number of amides is 1. The topological polar surface area (TPSA) is 76.3 Å². The Morgan fingerprint density at radius 3 is 2.50 bits per heavy atom. The van der Waals surface area contributed by atoms with Gasteiger partial charge < -0.3 is 0 Å². The van der Waals surface area contributed by atoms with Crippen molar-refractivity contribution in [3.05, 3.63) is 99.8 Å². The minimum atomic E-state index is -0.316. The van der Waals surface area contributed by atoms with Crippen LogP contribution in [0, 0.1) is 0 Å². The van der Waals surface area contributed by atoms with Gasteiger partial charge in [-0.3, -0.25) is 14.2 Å². The summed E-state index contributed by atoms with van der Waals surface area (Å²) in [4.78, 5) is 30.3. The van der Waals surface area contributed by atoms with Crippen LogP contribution in [0.15, 0.2) is 93.9 Å². The van der Waals surface area contributed by atoms with E-state index in [0.29, 0.717) is 32.5 Å². The van der Waals surface area contributed by atoms with Crippen molar-refractivity contribution in [3.8, 4) is 5.69 Å². The largest absolute Gasteiger partial charge is 0.272 e. The highest BCUT2D eigenvalue weighted by Gasteiger charge is 2.14. The molecule has 3 aromatic carbocycles. The number of carbonyl (C=O) groups is 1. The van der Waals surface area contributed by atoms with Gasteiger partial charge in [-0.2, -0.15) is 5.10 Å². The molecule has 1 aromatic heterocycles. The van der Waals surface area contributed by atoms with Crippen molar-refractivity contribution in [1.82, 2.24) is 15.0 Å². The van der Waals surface area contributed by atoms with Gasteiger partial charge in [0.1, 0.15) is 0 Å². The summed E-state index contributed by atoms with van der Waals surface area (Å²) in [6.45, 7) is 1.77. The lowest BCUT2D eigenvalue weighted by Crippen LogP contribution is -2.24. The zero-order valence-electron chi connectivity index (χ0n) is 17.2. The maximum Gasteiger partial charge on any atom is 0.266 e. The molecule has 4 aromatic rings. The Morgan fingerprint density at radius 1 is 1.03 bits per heavy atom. The smallest absolute Gasteiger partial charge is 0.266 e. The van der Waals surface area contributed by atoms with Gasteiger partial charge in [0, 0.05) is 10.6 Å². The fourth-order valence-electron chi connectivity index (χ4n) is 3.14. The highest BCUT2D eigenvalue weighted by Crippen LogP contribution is 2.21. The normalized spacial score (nSPS) is 11.5. The molecule has 160 valence electrons. The molecule has 0 saturated heterocycles. The van der Waals surface area contributed by atoms with Gasteiger partial charge >= 0.3 is 0 Å². The number of halogens is 1. The number of nitrogens with one attached hydrogen (secondary N) is 1. The number of hydrogen-bond donors (Lipinski definition) is 1. The molecule has 32 heavy (non-hydrogen) atoms. The average molecular weight is 463 g/mol. The van der Waals surface area contributed by atoms with E-state index < -0.39 is 0 Å². The highest BCUT2D eigenvalue weighted by molar-refractivity contribution is 7.99. The minimum absolute atomic E-state index is 0.0386. The molecule has 0 fully saturated rings. The number of nitrogens with zero attached hydrogens (tertiary/aromatic N) is 3. The second-order valence-electron chi connectivity index (χ2n) is 6.89. The molecule has 0 saturated carbocycles. The summed E-state index contributed by atoms with van der Waals surface area (Å²) in [6, 6.07) is 23.7. The molecule has 1 N–H and O–H groups in total. The van der Waals surface area contributed by atoms with Crippen LogP contribution < -0.4 is 11.0 Å². The molecule has 6 nitrogen and oxygen atoms in total. The lowest BCUT2D eigenvalue weighted by Gasteiger charge is -2.13. The molecule has 0 aliphatic rings. The van der Waals surface area contributed by atoms with Crippen LogP contribution in [-0.4, -0.2) is 26.9 Å². The number of aromatic nitrogens is 2. The Morgan fingerprint density at radius 2 is 1.72 bits per heavy atom. The molecule has 0 atom stereocenters. The molecule has 0 radical (unpaired) electrons. The van der Waals surface area contributed by atoms with Crippen LogP contribution in [0.1, 0.15) is 12.5 Å². The predicted molar refractivity (Wildman–Crippen MR) is 130 cm³/mol. The van der Waals surface area contributed by atoms with Gasteiger partial charge in [0.25, 0.3) is 11.5 Å². The average Bonchev–Trinajstić information content (AvgIpc) is 2.82. The second kappa shape index (κ2) is 9.80. The Balaban J connectivity index is 1.58. The summed E-state index contributed by atoms with van der Waals surface area (Å²) in [5.41, 5.74) is 4.97. The van der Waals surface area contributed by atoms with E-state index in [4.69, 9.17) is 11.6 Å². The molecular weight excluding hydrogens is 444 g/mol. The standard InChI is InChI=1S/C24H19ClN4O2S/c1-16(18-11-5-7-13-20(18)25)27-28-22(30)15-32-24-26-21-14-8-6-12-19(21)23(31)29(24)17-9-3-2-4-10-17/h2-14H,15H2,1H3,(H,28,30). The fraction of sp³-hybridized carbons (Fsp3) is 0.0833. The lowest BCUT2D eigenvalue weighted by molar-refractivity contribution is -0.118.